The standard InChI is InChI=1S/C18H19N3O4.C18H21N3O2.C10H13N3O2.ClH.I3.2K/c22-18(25-14-15-4-2-1-3-5-15)20-12-10-19(11-13-20)16-6-8-17(9-7-16)21(23)24;19-16-6-8-17(9-7-16)20-10-12-21(13-11-20)18(22)23-14-15-4-2-1-3-5-15;14-13(15)10-3-1-9(2-4-10)12-7-5-11-6-8-12;;1-3-2;;/h1-9H,10-14H2;1-9H,10-14,19H2;1-4,11H,5-8H2;1H;;;/q;;;;-1;;. The van der Waals surface area contributed by atoms with Gasteiger partial charge in [-0.25, -0.2) is 9.59 Å². The van der Waals surface area contributed by atoms with Crippen molar-refractivity contribution in [2.45, 2.75) is 13.2 Å². The molecule has 3 N–H and O–H groups in total. The van der Waals surface area contributed by atoms with Gasteiger partial charge in [0.2, 0.25) is 0 Å². The van der Waals surface area contributed by atoms with E-state index in [4.69, 9.17) is 15.2 Å². The number of nitro groups is 2. The summed E-state index contributed by atoms with van der Waals surface area (Å²) in [6, 6.07) is 40.3. The van der Waals surface area contributed by atoms with E-state index in [9.17, 15) is 29.8 Å². The zero-order valence-corrected chi connectivity index (χ0v) is 52.2. The number of halogens is 4. The van der Waals surface area contributed by atoms with Gasteiger partial charge in [0, 0.05) is 126 Å². The first-order valence-electron chi connectivity index (χ1n) is 22.1. The Morgan fingerprint density at radius 1 is 0.551 bits per heavy atom. The minimum atomic E-state index is -0.412. The Balaban J connectivity index is 0.000000266. The summed E-state index contributed by atoms with van der Waals surface area (Å²) < 4.78 is 10.7. The van der Waals surface area contributed by atoms with Crippen molar-refractivity contribution in [2.24, 2.45) is 0 Å². The predicted octanol–water partition coefficient (Wildman–Crippen LogP) is 5.22. The van der Waals surface area contributed by atoms with E-state index in [2.05, 4.69) is 57.2 Å². The third-order valence-corrected chi connectivity index (χ3v) is 10.7. The van der Waals surface area contributed by atoms with Gasteiger partial charge in [0.25, 0.3) is 11.4 Å². The minimum absolute atomic E-state index is 0. The van der Waals surface area contributed by atoms with E-state index in [1.165, 1.54) is 75.3 Å². The van der Waals surface area contributed by atoms with Crippen LogP contribution in [0.4, 0.5) is 43.7 Å². The molecule has 362 valence electrons. The van der Waals surface area contributed by atoms with E-state index < -0.39 is 4.92 Å². The molecular weight excluding hydrogens is 1300 g/mol. The average Bonchev–Trinajstić information content (AvgIpc) is 3.39. The molecule has 3 fully saturated rings. The van der Waals surface area contributed by atoms with Gasteiger partial charge in [-0.05, 0) is 59.7 Å². The number of nitrogens with two attached hydrogens (primary N) is 1. The Bertz CT molecular complexity index is 2250. The number of piperazine rings is 3. The van der Waals surface area contributed by atoms with Gasteiger partial charge >= 0.3 is 126 Å². The van der Waals surface area contributed by atoms with Crippen LogP contribution in [0.2, 0.25) is 0 Å². The first kappa shape index (κ1) is 61.7. The number of amides is 2. The molecule has 0 atom stereocenters. The number of rotatable bonds is 9. The summed E-state index contributed by atoms with van der Waals surface area (Å²) in [6.45, 7) is 9.81. The fourth-order valence-electron chi connectivity index (χ4n) is 7.09. The summed E-state index contributed by atoms with van der Waals surface area (Å²) in [5, 5.41) is 24.4. The number of hydrogen-bond donors (Lipinski definition) is 2. The van der Waals surface area contributed by atoms with Gasteiger partial charge in [0.15, 0.2) is 0 Å². The molecule has 5 aromatic carbocycles. The SMILES string of the molecule is Cl.I[I-]I.Nc1ccc(N2CCN(C(=O)OCc3ccccc3)CC2)cc1.O=C(OCc1ccccc1)N1CCN(c2ccc([N+](=O)[O-])cc2)CC1.O=[N+]([O-])c1ccc(N2CCNCC2)cc1.[K][K]. The van der Waals surface area contributed by atoms with Crippen LogP contribution < -0.4 is 39.0 Å². The number of nitrogens with one attached hydrogen (secondary N) is 1. The normalized spacial score (nSPS) is 14.0. The molecule has 0 spiro atoms. The molecular formula is C46H54ClI3K2N9O8-. The number of hydrogen-bond acceptors (Lipinski definition) is 13. The quantitative estimate of drug-likeness (QED) is 0.0643. The van der Waals surface area contributed by atoms with Crippen LogP contribution >= 0.6 is 49.6 Å². The molecule has 0 radical (unpaired) electrons. The summed E-state index contributed by atoms with van der Waals surface area (Å²) in [6.07, 6.45) is -0.557. The Labute approximate surface area is 484 Å². The predicted molar refractivity (Wildman–Crippen MR) is 290 cm³/mol. The van der Waals surface area contributed by atoms with Gasteiger partial charge in [-0.2, -0.15) is 0 Å². The Morgan fingerprint density at radius 2 is 0.855 bits per heavy atom. The second-order valence-corrected chi connectivity index (χ2v) is 31.2. The van der Waals surface area contributed by atoms with Crippen molar-refractivity contribution < 1.29 is 42.2 Å². The molecule has 0 bridgehead atoms. The maximum absolute atomic E-state index is 12.1. The van der Waals surface area contributed by atoms with E-state index in [1.807, 2.05) is 97.1 Å². The number of nitrogens with zero attached hydrogens (tertiary/aromatic N) is 7. The Hall–Kier alpha value is -1.65. The van der Waals surface area contributed by atoms with E-state index in [0.29, 0.717) is 59.1 Å². The summed E-state index contributed by atoms with van der Waals surface area (Å²) >= 11 is 7.80. The fourth-order valence-corrected chi connectivity index (χ4v) is 7.09. The molecule has 3 aliphatic heterocycles. The van der Waals surface area contributed by atoms with Crippen LogP contribution in [0.1, 0.15) is 11.1 Å². The molecule has 3 saturated heterocycles. The molecule has 5 aromatic rings. The topological polar surface area (TPSA) is 193 Å². The fraction of sp³-hybridized carbons (Fsp3) is 0.304. The number of ether oxygens (including phenoxy) is 2. The van der Waals surface area contributed by atoms with Crippen molar-refractivity contribution >= 4 is 159 Å². The van der Waals surface area contributed by atoms with Crippen LogP contribution in [0.3, 0.4) is 0 Å². The second kappa shape index (κ2) is 35.5. The van der Waals surface area contributed by atoms with Gasteiger partial charge in [-0.1, -0.05) is 60.7 Å². The third kappa shape index (κ3) is 22.6. The molecule has 17 nitrogen and oxygen atoms in total. The summed E-state index contributed by atoms with van der Waals surface area (Å²) in [5.41, 5.74) is 11.8. The van der Waals surface area contributed by atoms with E-state index in [1.54, 1.807) is 34.1 Å². The van der Waals surface area contributed by atoms with Crippen molar-refractivity contribution in [3.05, 3.63) is 165 Å². The number of non-ortho nitro benzene ring substituents is 2. The van der Waals surface area contributed by atoms with Crippen molar-refractivity contribution in [2.75, 3.05) is 99.0 Å². The maximum atomic E-state index is 12.1. The van der Waals surface area contributed by atoms with Crippen molar-refractivity contribution in [1.82, 2.24) is 15.1 Å². The molecule has 0 aliphatic carbocycles. The molecule has 0 aromatic heterocycles. The molecule has 3 heterocycles. The van der Waals surface area contributed by atoms with E-state index >= 15 is 0 Å². The van der Waals surface area contributed by atoms with Gasteiger partial charge in [0.1, 0.15) is 13.2 Å². The molecule has 2 amide bonds. The molecule has 3 aliphatic rings. The molecule has 69 heavy (non-hydrogen) atoms. The van der Waals surface area contributed by atoms with Crippen LogP contribution in [0, 0.1) is 20.2 Å². The molecule has 23 heteroatoms. The van der Waals surface area contributed by atoms with Crippen LogP contribution in [0.5, 0.6) is 0 Å². The number of nitrogen functional groups attached to an aromatic ring is 1. The van der Waals surface area contributed by atoms with Crippen molar-refractivity contribution in [3.8, 4) is 0 Å². The summed E-state index contributed by atoms with van der Waals surface area (Å²) in [7, 11) is 0. The van der Waals surface area contributed by atoms with Gasteiger partial charge in [-0.15, -0.1) is 12.4 Å². The van der Waals surface area contributed by atoms with Gasteiger partial charge < -0.3 is 45.0 Å². The van der Waals surface area contributed by atoms with E-state index in [-0.39, 0.29) is 47.5 Å². The summed E-state index contributed by atoms with van der Waals surface area (Å²) in [4.78, 5) is 54.7. The third-order valence-electron chi connectivity index (χ3n) is 10.7. The van der Waals surface area contributed by atoms with Crippen molar-refractivity contribution in [1.29, 1.82) is 0 Å². The number of anilines is 4. The van der Waals surface area contributed by atoms with Crippen LogP contribution in [0.25, 0.3) is 0 Å². The Morgan fingerprint density at radius 3 is 1.17 bits per heavy atom. The number of carbonyl (C=O) groups excluding carboxylic acids is 2. The van der Waals surface area contributed by atoms with Crippen LogP contribution in [0.15, 0.2) is 133 Å². The molecule has 0 saturated carbocycles. The van der Waals surface area contributed by atoms with Crippen LogP contribution in [-0.4, -0.2) is 174 Å². The monoisotopic (exact) mass is 1350 g/mol. The zero-order valence-electron chi connectivity index (χ0n) is 38.6. The van der Waals surface area contributed by atoms with Crippen molar-refractivity contribution in [3.63, 3.8) is 0 Å². The second-order valence-electron chi connectivity index (χ2n) is 15.0. The van der Waals surface area contributed by atoms with Crippen LogP contribution in [-0.2, 0) is 22.7 Å². The number of nitro benzene ring substituents is 2. The number of carbonyl (C=O) groups is 2. The van der Waals surface area contributed by atoms with Gasteiger partial charge in [-0.3, -0.25) is 20.2 Å². The zero-order chi connectivity index (χ0) is 49.1. The summed E-state index contributed by atoms with van der Waals surface area (Å²) in [5.74, 6) is 0. The number of benzene rings is 5. The molecule has 8 rings (SSSR count). The Kier molecular flexibility index (Phi) is 31.7. The first-order valence-corrected chi connectivity index (χ1v) is 50.7. The first-order chi connectivity index (χ1) is 33.0. The average molecular weight is 1360 g/mol. The van der Waals surface area contributed by atoms with E-state index in [0.717, 1.165) is 73.1 Å². The molecule has 0 unspecified atom stereocenters. The van der Waals surface area contributed by atoms with Gasteiger partial charge in [0.05, 0.1) is 9.85 Å².